The van der Waals surface area contributed by atoms with E-state index in [0.29, 0.717) is 0 Å². The summed E-state index contributed by atoms with van der Waals surface area (Å²) in [7, 11) is 2.17. The monoisotopic (exact) mass is 172 g/mol. The fourth-order valence-electron chi connectivity index (χ4n) is 1.05. The lowest BCUT2D eigenvalue weighted by atomic mass is 10.3. The van der Waals surface area contributed by atoms with Crippen molar-refractivity contribution in [2.45, 2.75) is 33.1 Å². The molecule has 0 radical (unpaired) electrons. The standard InChI is InChI=1S/C5H11N.C3H7N.C2H6/c1-6-4-2-3-5-6;1-2-4-3-1;1-2/h2-5H2,1H3;4H,1-3H2;1-2H3. The summed E-state index contributed by atoms with van der Waals surface area (Å²) in [5, 5.41) is 3.11. The molecule has 0 atom stereocenters. The second-order valence-corrected chi connectivity index (χ2v) is 3.11. The van der Waals surface area contributed by atoms with Gasteiger partial charge in [0.1, 0.15) is 0 Å². The van der Waals surface area contributed by atoms with Gasteiger partial charge in [-0.15, -0.1) is 0 Å². The Morgan fingerprint density at radius 3 is 1.33 bits per heavy atom. The van der Waals surface area contributed by atoms with E-state index in [2.05, 4.69) is 17.3 Å². The molecular formula is C10H24N2. The lowest BCUT2D eigenvalue weighted by molar-refractivity contribution is 0.418. The Hall–Kier alpha value is -0.0800. The summed E-state index contributed by atoms with van der Waals surface area (Å²) in [5.41, 5.74) is 0. The summed E-state index contributed by atoms with van der Waals surface area (Å²) >= 11 is 0. The molecule has 2 aliphatic heterocycles. The molecule has 0 aliphatic carbocycles. The summed E-state index contributed by atoms with van der Waals surface area (Å²) < 4.78 is 0. The summed E-state index contributed by atoms with van der Waals surface area (Å²) in [6.07, 6.45) is 4.22. The van der Waals surface area contributed by atoms with Gasteiger partial charge in [-0.1, -0.05) is 13.8 Å². The molecule has 12 heavy (non-hydrogen) atoms. The van der Waals surface area contributed by atoms with Crippen LogP contribution in [0.5, 0.6) is 0 Å². The highest BCUT2D eigenvalue weighted by Gasteiger charge is 2.03. The van der Waals surface area contributed by atoms with Gasteiger partial charge in [-0.25, -0.2) is 0 Å². The third-order valence-electron chi connectivity index (χ3n) is 2.04. The Bertz CT molecular complexity index is 69.9. The van der Waals surface area contributed by atoms with E-state index < -0.39 is 0 Å². The Morgan fingerprint density at radius 1 is 0.917 bits per heavy atom. The van der Waals surface area contributed by atoms with E-state index in [1.54, 1.807) is 0 Å². The summed E-state index contributed by atoms with van der Waals surface area (Å²) in [5.74, 6) is 0. The van der Waals surface area contributed by atoms with E-state index in [9.17, 15) is 0 Å². The van der Waals surface area contributed by atoms with Gasteiger partial charge in [0.15, 0.2) is 0 Å². The molecule has 0 aromatic heterocycles. The van der Waals surface area contributed by atoms with Crippen molar-refractivity contribution in [2.24, 2.45) is 0 Å². The fourth-order valence-corrected chi connectivity index (χ4v) is 1.05. The highest BCUT2D eigenvalue weighted by atomic mass is 15.1. The Labute approximate surface area is 77.3 Å². The predicted octanol–water partition coefficient (Wildman–Crippen LogP) is 1.72. The van der Waals surface area contributed by atoms with Crippen molar-refractivity contribution in [1.29, 1.82) is 0 Å². The van der Waals surface area contributed by atoms with Crippen molar-refractivity contribution >= 4 is 0 Å². The van der Waals surface area contributed by atoms with Crippen LogP contribution in [0, 0.1) is 0 Å². The molecule has 0 aromatic rings. The first-order valence-electron chi connectivity index (χ1n) is 5.29. The van der Waals surface area contributed by atoms with Gasteiger partial charge in [0.05, 0.1) is 0 Å². The molecule has 2 heterocycles. The number of nitrogens with zero attached hydrogens (tertiary/aromatic N) is 1. The molecule has 2 heteroatoms. The Balaban J connectivity index is 0.000000176. The van der Waals surface area contributed by atoms with Crippen molar-refractivity contribution in [3.05, 3.63) is 0 Å². The third kappa shape index (κ3) is 6.62. The molecule has 2 saturated heterocycles. The van der Waals surface area contributed by atoms with Crippen LogP contribution in [0.1, 0.15) is 33.1 Å². The highest BCUT2D eigenvalue weighted by Crippen LogP contribution is 2.02. The molecule has 0 bridgehead atoms. The fraction of sp³-hybridized carbons (Fsp3) is 1.00. The lowest BCUT2D eigenvalue weighted by Crippen LogP contribution is -2.29. The number of hydrogen-bond donors (Lipinski definition) is 1. The first-order chi connectivity index (χ1) is 5.89. The SMILES string of the molecule is C1CNC1.CC.CN1CCCC1. The maximum Gasteiger partial charge on any atom is -0.00213 e. The van der Waals surface area contributed by atoms with E-state index in [-0.39, 0.29) is 0 Å². The smallest absolute Gasteiger partial charge is 0.00213 e. The molecule has 74 valence electrons. The number of nitrogens with one attached hydrogen (secondary N) is 1. The van der Waals surface area contributed by atoms with Crippen LogP contribution in [-0.4, -0.2) is 38.1 Å². The van der Waals surface area contributed by atoms with Gasteiger partial charge in [-0.2, -0.15) is 0 Å². The highest BCUT2D eigenvalue weighted by molar-refractivity contribution is 4.59. The molecule has 2 aliphatic rings. The topological polar surface area (TPSA) is 15.3 Å². The van der Waals surface area contributed by atoms with Crippen LogP contribution < -0.4 is 5.32 Å². The van der Waals surface area contributed by atoms with Crippen molar-refractivity contribution in [2.75, 3.05) is 33.2 Å². The number of rotatable bonds is 0. The van der Waals surface area contributed by atoms with Crippen LogP contribution in [0.25, 0.3) is 0 Å². The summed E-state index contributed by atoms with van der Waals surface area (Å²) in [6, 6.07) is 0. The van der Waals surface area contributed by atoms with E-state index in [0.717, 1.165) is 0 Å². The van der Waals surface area contributed by atoms with Crippen LogP contribution >= 0.6 is 0 Å². The number of hydrogen-bond acceptors (Lipinski definition) is 2. The maximum absolute atomic E-state index is 3.11. The zero-order chi connectivity index (χ0) is 9.23. The molecule has 0 spiro atoms. The lowest BCUT2D eigenvalue weighted by Gasteiger charge is -2.09. The van der Waals surface area contributed by atoms with E-state index in [1.807, 2.05) is 13.8 Å². The minimum Gasteiger partial charge on any atom is -0.317 e. The average molecular weight is 172 g/mol. The van der Waals surface area contributed by atoms with Crippen molar-refractivity contribution in [3.8, 4) is 0 Å². The second kappa shape index (κ2) is 9.01. The van der Waals surface area contributed by atoms with Crippen molar-refractivity contribution in [3.63, 3.8) is 0 Å². The molecule has 0 saturated carbocycles. The molecule has 2 nitrogen and oxygen atoms in total. The van der Waals surface area contributed by atoms with Crippen molar-refractivity contribution < 1.29 is 0 Å². The van der Waals surface area contributed by atoms with Gasteiger partial charge in [0, 0.05) is 0 Å². The first kappa shape index (κ1) is 11.9. The molecule has 1 N–H and O–H groups in total. The average Bonchev–Trinajstić information content (AvgIpc) is 2.40. The zero-order valence-electron chi connectivity index (χ0n) is 8.90. The summed E-state index contributed by atoms with van der Waals surface area (Å²) in [4.78, 5) is 2.36. The maximum atomic E-state index is 3.11. The van der Waals surface area contributed by atoms with Gasteiger partial charge in [-0.05, 0) is 52.5 Å². The zero-order valence-corrected chi connectivity index (χ0v) is 8.90. The first-order valence-corrected chi connectivity index (χ1v) is 5.29. The van der Waals surface area contributed by atoms with Crippen LogP contribution in [-0.2, 0) is 0 Å². The van der Waals surface area contributed by atoms with E-state index in [4.69, 9.17) is 0 Å². The Morgan fingerprint density at radius 2 is 1.25 bits per heavy atom. The van der Waals surface area contributed by atoms with Gasteiger partial charge >= 0.3 is 0 Å². The molecule has 2 fully saturated rings. The minimum atomic E-state index is 1.25. The van der Waals surface area contributed by atoms with Crippen LogP contribution in [0.2, 0.25) is 0 Å². The molecular weight excluding hydrogens is 148 g/mol. The quantitative estimate of drug-likeness (QED) is 0.598. The van der Waals surface area contributed by atoms with Gasteiger partial charge < -0.3 is 10.2 Å². The summed E-state index contributed by atoms with van der Waals surface area (Å²) in [6.45, 7) is 9.14. The third-order valence-corrected chi connectivity index (χ3v) is 2.04. The second-order valence-electron chi connectivity index (χ2n) is 3.11. The van der Waals surface area contributed by atoms with Crippen LogP contribution in [0.4, 0.5) is 0 Å². The number of likely N-dealkylation sites (tertiary alicyclic amines) is 1. The van der Waals surface area contributed by atoms with E-state index in [1.165, 1.54) is 45.4 Å². The van der Waals surface area contributed by atoms with Gasteiger partial charge in [-0.3, -0.25) is 0 Å². The van der Waals surface area contributed by atoms with Crippen LogP contribution in [0.15, 0.2) is 0 Å². The normalized spacial score (nSPS) is 21.2. The molecule has 0 amide bonds. The van der Waals surface area contributed by atoms with Gasteiger partial charge in [0.25, 0.3) is 0 Å². The Kier molecular flexibility index (Phi) is 8.95. The minimum absolute atomic E-state index is 1.25. The predicted molar refractivity (Wildman–Crippen MR) is 55.6 cm³/mol. The molecule has 2 rings (SSSR count). The largest absolute Gasteiger partial charge is 0.317 e. The molecule has 0 aromatic carbocycles. The van der Waals surface area contributed by atoms with Crippen molar-refractivity contribution in [1.82, 2.24) is 10.2 Å². The van der Waals surface area contributed by atoms with Crippen LogP contribution in [0.3, 0.4) is 0 Å². The van der Waals surface area contributed by atoms with Gasteiger partial charge in [0.2, 0.25) is 0 Å². The van der Waals surface area contributed by atoms with E-state index >= 15 is 0 Å². The molecule has 0 unspecified atom stereocenters.